The third kappa shape index (κ3) is 1.71. The van der Waals surface area contributed by atoms with E-state index in [-0.39, 0.29) is 6.61 Å². The van der Waals surface area contributed by atoms with Gasteiger partial charge in [0.1, 0.15) is 5.76 Å². The van der Waals surface area contributed by atoms with Crippen LogP contribution in [0, 0.1) is 0 Å². The zero-order chi connectivity index (χ0) is 10.6. The van der Waals surface area contributed by atoms with Crippen LogP contribution in [0.1, 0.15) is 6.42 Å². The van der Waals surface area contributed by atoms with Gasteiger partial charge in [-0.05, 0) is 11.6 Å². The molecule has 0 saturated carbocycles. The van der Waals surface area contributed by atoms with E-state index in [0.29, 0.717) is 18.5 Å². The molecule has 4 heteroatoms. The molecular weight excluding hydrogens is 184 g/mol. The highest BCUT2D eigenvalue weighted by Crippen LogP contribution is 2.29. The molecule has 0 spiro atoms. The molecule has 0 fully saturated rings. The van der Waals surface area contributed by atoms with Crippen LogP contribution in [0.5, 0.6) is 0 Å². The lowest BCUT2D eigenvalue weighted by Gasteiger charge is -2.30. The van der Waals surface area contributed by atoms with Gasteiger partial charge in [0.05, 0.1) is 13.7 Å². The highest BCUT2D eigenvalue weighted by atomic mass is 16.5. The fourth-order valence-corrected chi connectivity index (χ4v) is 1.41. The third-order valence-corrected chi connectivity index (χ3v) is 2.36. The summed E-state index contributed by atoms with van der Waals surface area (Å²) in [5, 5.41) is 8.92. The maximum absolute atomic E-state index is 10.9. The lowest BCUT2D eigenvalue weighted by molar-refractivity contribution is -0.127. The predicted molar refractivity (Wildman–Crippen MR) is 50.7 cm³/mol. The first-order valence-corrected chi connectivity index (χ1v) is 4.30. The van der Waals surface area contributed by atoms with Crippen molar-refractivity contribution in [1.29, 1.82) is 0 Å². The molecule has 1 rings (SSSR count). The SMILES string of the molecule is COC1=CC(CO)=CCC1(C=O)OC. The van der Waals surface area contributed by atoms with Crippen LogP contribution < -0.4 is 0 Å². The van der Waals surface area contributed by atoms with Crippen LogP contribution in [0.3, 0.4) is 0 Å². The number of ether oxygens (including phenoxy) is 2. The van der Waals surface area contributed by atoms with Crippen LogP contribution in [-0.2, 0) is 14.3 Å². The third-order valence-electron chi connectivity index (χ3n) is 2.36. The van der Waals surface area contributed by atoms with Gasteiger partial charge in [-0.1, -0.05) is 6.08 Å². The van der Waals surface area contributed by atoms with Crippen LogP contribution >= 0.6 is 0 Å². The molecule has 1 unspecified atom stereocenters. The second-order valence-electron chi connectivity index (χ2n) is 3.07. The van der Waals surface area contributed by atoms with E-state index in [1.807, 2.05) is 0 Å². The predicted octanol–water partition coefficient (Wildman–Crippen LogP) is 0.423. The van der Waals surface area contributed by atoms with Crippen molar-refractivity contribution in [2.45, 2.75) is 12.0 Å². The van der Waals surface area contributed by atoms with Crippen molar-refractivity contribution in [2.75, 3.05) is 20.8 Å². The van der Waals surface area contributed by atoms with Crippen LogP contribution in [-0.4, -0.2) is 37.8 Å². The Balaban J connectivity index is 3.01. The average Bonchev–Trinajstić information content (AvgIpc) is 2.28. The number of hydrogen-bond donors (Lipinski definition) is 1. The lowest BCUT2D eigenvalue weighted by Crippen LogP contribution is -2.37. The van der Waals surface area contributed by atoms with Gasteiger partial charge in [0, 0.05) is 13.5 Å². The minimum atomic E-state index is -1.02. The monoisotopic (exact) mass is 198 g/mol. The Bertz CT molecular complexity index is 280. The Morgan fingerprint density at radius 2 is 2.36 bits per heavy atom. The zero-order valence-corrected chi connectivity index (χ0v) is 8.32. The standard InChI is InChI=1S/C10H14O4/c1-13-9-5-8(6-11)3-4-10(9,7-12)14-2/h3,5,7,11H,4,6H2,1-2H3. The molecule has 0 saturated heterocycles. The molecule has 0 aromatic heterocycles. The summed E-state index contributed by atoms with van der Waals surface area (Å²) in [4.78, 5) is 10.9. The summed E-state index contributed by atoms with van der Waals surface area (Å²) in [5.41, 5.74) is -0.288. The molecule has 0 aromatic carbocycles. The fourth-order valence-electron chi connectivity index (χ4n) is 1.41. The average molecular weight is 198 g/mol. The summed E-state index contributed by atoms with van der Waals surface area (Å²) in [5.74, 6) is 0.432. The number of methoxy groups -OCH3 is 2. The molecule has 0 amide bonds. The number of carbonyl (C=O) groups excluding carboxylic acids is 1. The molecule has 0 aliphatic heterocycles. The Hall–Kier alpha value is -1.13. The van der Waals surface area contributed by atoms with Gasteiger partial charge >= 0.3 is 0 Å². The largest absolute Gasteiger partial charge is 0.498 e. The first kappa shape index (κ1) is 10.9. The van der Waals surface area contributed by atoms with Gasteiger partial charge in [-0.25, -0.2) is 0 Å². The topological polar surface area (TPSA) is 55.8 Å². The quantitative estimate of drug-likeness (QED) is 0.665. The van der Waals surface area contributed by atoms with Crippen molar-refractivity contribution in [3.8, 4) is 0 Å². The Kier molecular flexibility index (Phi) is 3.43. The molecule has 0 bridgehead atoms. The molecule has 1 N–H and O–H groups in total. The highest BCUT2D eigenvalue weighted by Gasteiger charge is 2.36. The second-order valence-corrected chi connectivity index (χ2v) is 3.07. The summed E-state index contributed by atoms with van der Waals surface area (Å²) in [7, 11) is 2.93. The first-order chi connectivity index (χ1) is 6.72. The van der Waals surface area contributed by atoms with Crippen molar-refractivity contribution in [2.24, 2.45) is 0 Å². The summed E-state index contributed by atoms with van der Waals surface area (Å²) in [6.45, 7) is -0.0640. The fraction of sp³-hybridized carbons (Fsp3) is 0.500. The molecule has 14 heavy (non-hydrogen) atoms. The van der Waals surface area contributed by atoms with E-state index >= 15 is 0 Å². The maximum atomic E-state index is 10.9. The molecule has 78 valence electrons. The number of rotatable bonds is 4. The lowest BCUT2D eigenvalue weighted by atomic mass is 9.91. The molecule has 1 atom stereocenters. The molecular formula is C10H14O4. The van der Waals surface area contributed by atoms with Crippen molar-refractivity contribution in [1.82, 2.24) is 0 Å². The van der Waals surface area contributed by atoms with Crippen LogP contribution in [0.25, 0.3) is 0 Å². The normalized spacial score (nSPS) is 26.5. The smallest absolute Gasteiger partial charge is 0.182 e. The van der Waals surface area contributed by atoms with Gasteiger partial charge in [-0.15, -0.1) is 0 Å². The Morgan fingerprint density at radius 1 is 1.64 bits per heavy atom. The van der Waals surface area contributed by atoms with Gasteiger partial charge in [-0.3, -0.25) is 4.79 Å². The molecule has 0 aromatic rings. The highest BCUT2D eigenvalue weighted by molar-refractivity contribution is 5.69. The maximum Gasteiger partial charge on any atom is 0.182 e. The number of hydrogen-bond acceptors (Lipinski definition) is 4. The minimum Gasteiger partial charge on any atom is -0.498 e. The van der Waals surface area contributed by atoms with E-state index in [0.717, 1.165) is 5.57 Å². The Labute approximate surface area is 82.8 Å². The van der Waals surface area contributed by atoms with Crippen molar-refractivity contribution >= 4 is 6.29 Å². The number of aliphatic hydroxyl groups excluding tert-OH is 1. The van der Waals surface area contributed by atoms with Gasteiger partial charge in [0.2, 0.25) is 0 Å². The van der Waals surface area contributed by atoms with E-state index in [1.54, 1.807) is 12.2 Å². The number of aldehydes is 1. The minimum absolute atomic E-state index is 0.0640. The van der Waals surface area contributed by atoms with Gasteiger partial charge in [-0.2, -0.15) is 0 Å². The molecule has 0 radical (unpaired) electrons. The van der Waals surface area contributed by atoms with Crippen LogP contribution in [0.4, 0.5) is 0 Å². The molecule has 1 aliphatic rings. The van der Waals surface area contributed by atoms with E-state index in [2.05, 4.69) is 0 Å². The molecule has 4 nitrogen and oxygen atoms in total. The van der Waals surface area contributed by atoms with Gasteiger partial charge in [0.15, 0.2) is 11.9 Å². The number of carbonyl (C=O) groups is 1. The first-order valence-electron chi connectivity index (χ1n) is 4.30. The second kappa shape index (κ2) is 4.39. The zero-order valence-electron chi connectivity index (χ0n) is 8.32. The van der Waals surface area contributed by atoms with E-state index in [4.69, 9.17) is 14.6 Å². The summed E-state index contributed by atoms with van der Waals surface area (Å²) >= 11 is 0. The number of aliphatic hydroxyl groups is 1. The van der Waals surface area contributed by atoms with Crippen LogP contribution in [0.15, 0.2) is 23.5 Å². The molecule has 1 aliphatic carbocycles. The summed E-state index contributed by atoms with van der Waals surface area (Å²) in [6, 6.07) is 0. The van der Waals surface area contributed by atoms with E-state index in [1.165, 1.54) is 14.2 Å². The van der Waals surface area contributed by atoms with Gasteiger partial charge < -0.3 is 14.6 Å². The van der Waals surface area contributed by atoms with Crippen molar-refractivity contribution < 1.29 is 19.4 Å². The van der Waals surface area contributed by atoms with Gasteiger partial charge in [0.25, 0.3) is 0 Å². The summed E-state index contributed by atoms with van der Waals surface area (Å²) < 4.78 is 10.2. The Morgan fingerprint density at radius 3 is 2.79 bits per heavy atom. The van der Waals surface area contributed by atoms with Crippen molar-refractivity contribution in [3.63, 3.8) is 0 Å². The van der Waals surface area contributed by atoms with E-state index < -0.39 is 5.60 Å². The summed E-state index contributed by atoms with van der Waals surface area (Å²) in [6.07, 6.45) is 4.50. The van der Waals surface area contributed by atoms with E-state index in [9.17, 15) is 4.79 Å². The van der Waals surface area contributed by atoms with Crippen molar-refractivity contribution in [3.05, 3.63) is 23.5 Å². The van der Waals surface area contributed by atoms with Crippen LogP contribution in [0.2, 0.25) is 0 Å². The molecule has 0 heterocycles.